The van der Waals surface area contributed by atoms with Crippen molar-refractivity contribution >= 4 is 0 Å². The van der Waals surface area contributed by atoms with Crippen molar-refractivity contribution in [2.75, 3.05) is 19.8 Å². The van der Waals surface area contributed by atoms with E-state index in [4.69, 9.17) is 9.47 Å². The lowest BCUT2D eigenvalue weighted by atomic mass is 9.94. The third-order valence-electron chi connectivity index (χ3n) is 3.48. The molecule has 0 saturated heterocycles. The molecule has 0 aliphatic heterocycles. The lowest BCUT2D eigenvalue weighted by molar-refractivity contribution is -0.0481. The molecule has 0 radical (unpaired) electrons. The van der Waals surface area contributed by atoms with Crippen molar-refractivity contribution in [1.29, 1.82) is 0 Å². The van der Waals surface area contributed by atoms with Gasteiger partial charge in [-0.3, -0.25) is 0 Å². The zero-order valence-electron chi connectivity index (χ0n) is 14.4. The maximum atomic E-state index is 6.00. The Morgan fingerprint density at radius 2 is 1.35 bits per heavy atom. The van der Waals surface area contributed by atoms with Gasteiger partial charge >= 0.3 is 0 Å². The molecule has 1 aliphatic carbocycles. The standard InChI is InChI=1S/C17H35NO2/c1-16(2,3)13-20-15-9-7-14(8-10-15)19-12-11-18-17(4,5)6/h14-15,18H,7-13H2,1-6H3. The van der Waals surface area contributed by atoms with Gasteiger partial charge in [0, 0.05) is 12.1 Å². The predicted molar refractivity (Wildman–Crippen MR) is 85.2 cm³/mol. The third kappa shape index (κ3) is 8.93. The smallest absolute Gasteiger partial charge is 0.0594 e. The first kappa shape index (κ1) is 17.9. The van der Waals surface area contributed by atoms with E-state index in [1.54, 1.807) is 0 Å². The summed E-state index contributed by atoms with van der Waals surface area (Å²) in [4.78, 5) is 0. The van der Waals surface area contributed by atoms with E-state index in [0.717, 1.165) is 45.4 Å². The molecule has 0 aromatic heterocycles. The number of hydrogen-bond acceptors (Lipinski definition) is 3. The molecule has 20 heavy (non-hydrogen) atoms. The van der Waals surface area contributed by atoms with E-state index in [0.29, 0.717) is 12.2 Å². The fourth-order valence-electron chi connectivity index (χ4n) is 2.39. The average molecular weight is 285 g/mol. The van der Waals surface area contributed by atoms with Crippen LogP contribution in [0.2, 0.25) is 0 Å². The normalized spacial score (nSPS) is 24.9. The number of ether oxygens (including phenoxy) is 2. The van der Waals surface area contributed by atoms with E-state index in [1.807, 2.05) is 0 Å². The van der Waals surface area contributed by atoms with Crippen LogP contribution in [-0.4, -0.2) is 37.5 Å². The molecule has 1 N–H and O–H groups in total. The summed E-state index contributed by atoms with van der Waals surface area (Å²) in [5.74, 6) is 0. The Morgan fingerprint density at radius 3 is 1.80 bits per heavy atom. The fourth-order valence-corrected chi connectivity index (χ4v) is 2.39. The Bertz CT molecular complexity index is 257. The summed E-state index contributed by atoms with van der Waals surface area (Å²) in [6, 6.07) is 0. The van der Waals surface area contributed by atoms with Crippen LogP contribution in [0.15, 0.2) is 0 Å². The Kier molecular flexibility index (Phi) is 6.96. The highest BCUT2D eigenvalue weighted by Gasteiger charge is 2.23. The van der Waals surface area contributed by atoms with Gasteiger partial charge in [-0.25, -0.2) is 0 Å². The molecule has 1 aliphatic rings. The van der Waals surface area contributed by atoms with Crippen molar-refractivity contribution < 1.29 is 9.47 Å². The molecule has 0 atom stereocenters. The molecule has 0 amide bonds. The molecule has 1 rings (SSSR count). The molecule has 1 fully saturated rings. The molecule has 120 valence electrons. The first-order valence-corrected chi connectivity index (χ1v) is 8.14. The van der Waals surface area contributed by atoms with E-state index < -0.39 is 0 Å². The number of hydrogen-bond donors (Lipinski definition) is 1. The third-order valence-corrected chi connectivity index (χ3v) is 3.48. The number of rotatable bonds is 6. The molecule has 0 aromatic carbocycles. The molecule has 0 unspecified atom stereocenters. The lowest BCUT2D eigenvalue weighted by Crippen LogP contribution is -2.39. The van der Waals surface area contributed by atoms with Crippen LogP contribution >= 0.6 is 0 Å². The zero-order chi connectivity index (χ0) is 15.2. The molecule has 0 bridgehead atoms. The van der Waals surface area contributed by atoms with Gasteiger partial charge in [0.2, 0.25) is 0 Å². The second-order valence-corrected chi connectivity index (χ2v) is 8.32. The highest BCUT2D eigenvalue weighted by molar-refractivity contribution is 4.75. The molecule has 3 nitrogen and oxygen atoms in total. The van der Waals surface area contributed by atoms with E-state index in [2.05, 4.69) is 46.9 Å². The fraction of sp³-hybridized carbons (Fsp3) is 1.00. The van der Waals surface area contributed by atoms with Crippen molar-refractivity contribution in [1.82, 2.24) is 5.32 Å². The van der Waals surface area contributed by atoms with E-state index in [1.165, 1.54) is 0 Å². The summed E-state index contributed by atoms with van der Waals surface area (Å²) in [5.41, 5.74) is 0.452. The van der Waals surface area contributed by atoms with Gasteiger partial charge in [0.05, 0.1) is 25.4 Å². The van der Waals surface area contributed by atoms with Crippen LogP contribution in [0, 0.1) is 5.41 Å². The molecule has 0 spiro atoms. The maximum Gasteiger partial charge on any atom is 0.0594 e. The highest BCUT2D eigenvalue weighted by Crippen LogP contribution is 2.25. The van der Waals surface area contributed by atoms with Crippen molar-refractivity contribution in [3.05, 3.63) is 0 Å². The van der Waals surface area contributed by atoms with Crippen LogP contribution in [0.1, 0.15) is 67.2 Å². The van der Waals surface area contributed by atoms with Crippen LogP contribution in [-0.2, 0) is 9.47 Å². The molecule has 0 aromatic rings. The summed E-state index contributed by atoms with van der Waals surface area (Å²) >= 11 is 0. The maximum absolute atomic E-state index is 6.00. The van der Waals surface area contributed by atoms with Gasteiger partial charge in [-0.2, -0.15) is 0 Å². The number of nitrogens with one attached hydrogen (secondary N) is 1. The second-order valence-electron chi connectivity index (χ2n) is 8.32. The quantitative estimate of drug-likeness (QED) is 0.754. The summed E-state index contributed by atoms with van der Waals surface area (Å²) in [7, 11) is 0. The van der Waals surface area contributed by atoms with Crippen LogP contribution in [0.3, 0.4) is 0 Å². The topological polar surface area (TPSA) is 30.5 Å². The van der Waals surface area contributed by atoms with Gasteiger partial charge in [-0.1, -0.05) is 20.8 Å². The predicted octanol–water partition coefficient (Wildman–Crippen LogP) is 3.77. The SMILES string of the molecule is CC(C)(C)COC1CCC(OCCNC(C)(C)C)CC1. The van der Waals surface area contributed by atoms with Gasteiger partial charge < -0.3 is 14.8 Å². The van der Waals surface area contributed by atoms with Crippen molar-refractivity contribution in [2.24, 2.45) is 5.41 Å². The van der Waals surface area contributed by atoms with E-state index in [-0.39, 0.29) is 11.0 Å². The van der Waals surface area contributed by atoms with Gasteiger partial charge in [-0.15, -0.1) is 0 Å². The van der Waals surface area contributed by atoms with E-state index >= 15 is 0 Å². The Hall–Kier alpha value is -0.120. The first-order valence-electron chi connectivity index (χ1n) is 8.14. The van der Waals surface area contributed by atoms with Crippen LogP contribution in [0.25, 0.3) is 0 Å². The van der Waals surface area contributed by atoms with Crippen LogP contribution < -0.4 is 5.32 Å². The van der Waals surface area contributed by atoms with Crippen molar-refractivity contribution in [3.63, 3.8) is 0 Å². The Balaban J connectivity index is 2.07. The highest BCUT2D eigenvalue weighted by atomic mass is 16.5. The minimum atomic E-state index is 0.182. The molecular formula is C17H35NO2. The largest absolute Gasteiger partial charge is 0.378 e. The van der Waals surface area contributed by atoms with Gasteiger partial charge in [0.25, 0.3) is 0 Å². The van der Waals surface area contributed by atoms with Crippen LogP contribution in [0.4, 0.5) is 0 Å². The minimum Gasteiger partial charge on any atom is -0.378 e. The molecule has 1 saturated carbocycles. The van der Waals surface area contributed by atoms with Crippen molar-refractivity contribution in [3.8, 4) is 0 Å². The second kappa shape index (κ2) is 7.77. The summed E-state index contributed by atoms with van der Waals surface area (Å²) in [6.45, 7) is 15.8. The van der Waals surface area contributed by atoms with Gasteiger partial charge in [0.15, 0.2) is 0 Å². The minimum absolute atomic E-state index is 0.182. The zero-order valence-corrected chi connectivity index (χ0v) is 14.4. The Labute approximate surface area is 125 Å². The summed E-state index contributed by atoms with van der Waals surface area (Å²) < 4.78 is 12.0. The monoisotopic (exact) mass is 285 g/mol. The Morgan fingerprint density at radius 1 is 0.850 bits per heavy atom. The summed E-state index contributed by atoms with van der Waals surface area (Å²) in [5, 5.41) is 3.46. The summed E-state index contributed by atoms with van der Waals surface area (Å²) in [6.07, 6.45) is 5.46. The average Bonchev–Trinajstić information content (AvgIpc) is 2.31. The lowest BCUT2D eigenvalue weighted by Gasteiger charge is -2.31. The molecule has 3 heteroatoms. The van der Waals surface area contributed by atoms with Gasteiger partial charge in [-0.05, 0) is 51.9 Å². The van der Waals surface area contributed by atoms with E-state index in [9.17, 15) is 0 Å². The molecular weight excluding hydrogens is 250 g/mol. The van der Waals surface area contributed by atoms with Crippen molar-refractivity contribution in [2.45, 2.75) is 85.0 Å². The molecule has 0 heterocycles. The first-order chi connectivity index (χ1) is 9.16. The van der Waals surface area contributed by atoms with Gasteiger partial charge in [0.1, 0.15) is 0 Å². The van der Waals surface area contributed by atoms with Crippen LogP contribution in [0.5, 0.6) is 0 Å².